The van der Waals surface area contributed by atoms with Crippen molar-refractivity contribution in [1.29, 1.82) is 0 Å². The zero-order valence-electron chi connectivity index (χ0n) is 12.2. The Labute approximate surface area is 113 Å². The van der Waals surface area contributed by atoms with Gasteiger partial charge in [0, 0.05) is 6.04 Å². The summed E-state index contributed by atoms with van der Waals surface area (Å²) in [5.74, 6) is 8.56. The smallest absolute Gasteiger partial charge is 0.0269 e. The molecule has 2 aliphatic rings. The molecule has 0 amide bonds. The summed E-state index contributed by atoms with van der Waals surface area (Å²) in [6, 6.07) is 0.591. The van der Waals surface area contributed by atoms with Crippen molar-refractivity contribution in [3.63, 3.8) is 0 Å². The number of nitrogens with one attached hydrogen (secondary N) is 1. The number of hydrogen-bond acceptors (Lipinski definition) is 2. The molecule has 2 saturated carbocycles. The molecule has 2 aliphatic carbocycles. The first kappa shape index (κ1) is 14.3. The van der Waals surface area contributed by atoms with Crippen LogP contribution in [0, 0.1) is 17.8 Å². The average Bonchev–Trinajstić information content (AvgIpc) is 2.69. The molecule has 2 fully saturated rings. The molecule has 0 saturated heterocycles. The van der Waals surface area contributed by atoms with Gasteiger partial charge >= 0.3 is 0 Å². The van der Waals surface area contributed by atoms with Gasteiger partial charge in [-0.05, 0) is 37.0 Å². The molecule has 2 nitrogen and oxygen atoms in total. The van der Waals surface area contributed by atoms with E-state index in [1.165, 1.54) is 70.6 Å². The molecule has 0 bridgehead atoms. The zero-order chi connectivity index (χ0) is 12.8. The van der Waals surface area contributed by atoms with Gasteiger partial charge in [0.1, 0.15) is 0 Å². The van der Waals surface area contributed by atoms with Crippen LogP contribution in [-0.4, -0.2) is 6.04 Å². The maximum Gasteiger partial charge on any atom is 0.0269 e. The summed E-state index contributed by atoms with van der Waals surface area (Å²) >= 11 is 0. The van der Waals surface area contributed by atoms with Crippen molar-refractivity contribution < 1.29 is 0 Å². The number of rotatable bonds is 4. The van der Waals surface area contributed by atoms with Gasteiger partial charge in [0.2, 0.25) is 0 Å². The fourth-order valence-electron chi connectivity index (χ4n) is 4.50. The summed E-state index contributed by atoms with van der Waals surface area (Å²) in [5, 5.41) is 0. The third-order valence-corrected chi connectivity index (χ3v) is 5.55. The molecular formula is C16H32N2. The Morgan fingerprint density at radius 2 is 1.56 bits per heavy atom. The minimum absolute atomic E-state index is 0.591. The second kappa shape index (κ2) is 7.49. The Morgan fingerprint density at radius 1 is 0.944 bits per heavy atom. The predicted octanol–water partition coefficient (Wildman–Crippen LogP) is 4.01. The van der Waals surface area contributed by atoms with Crippen LogP contribution in [0.1, 0.15) is 77.6 Å². The van der Waals surface area contributed by atoms with E-state index < -0.39 is 0 Å². The Morgan fingerprint density at radius 3 is 2.17 bits per heavy atom. The van der Waals surface area contributed by atoms with Gasteiger partial charge < -0.3 is 0 Å². The maximum absolute atomic E-state index is 5.95. The largest absolute Gasteiger partial charge is 0.271 e. The van der Waals surface area contributed by atoms with Crippen LogP contribution in [0.5, 0.6) is 0 Å². The lowest BCUT2D eigenvalue weighted by Gasteiger charge is -2.40. The first-order valence-electron chi connectivity index (χ1n) is 8.33. The minimum Gasteiger partial charge on any atom is -0.271 e. The lowest BCUT2D eigenvalue weighted by Crippen LogP contribution is -2.49. The highest BCUT2D eigenvalue weighted by molar-refractivity contribution is 4.88. The molecule has 0 spiro atoms. The second-order valence-corrected chi connectivity index (χ2v) is 6.56. The molecule has 2 rings (SSSR count). The third-order valence-electron chi connectivity index (χ3n) is 5.55. The van der Waals surface area contributed by atoms with Gasteiger partial charge in [-0.1, -0.05) is 58.3 Å². The van der Waals surface area contributed by atoms with E-state index in [-0.39, 0.29) is 0 Å². The minimum atomic E-state index is 0.591. The first-order valence-corrected chi connectivity index (χ1v) is 8.33. The fraction of sp³-hybridized carbons (Fsp3) is 1.00. The van der Waals surface area contributed by atoms with Gasteiger partial charge in [-0.3, -0.25) is 11.3 Å². The summed E-state index contributed by atoms with van der Waals surface area (Å²) in [7, 11) is 0. The maximum atomic E-state index is 5.95. The Hall–Kier alpha value is -0.0800. The number of nitrogens with two attached hydrogens (primary N) is 1. The highest BCUT2D eigenvalue weighted by Crippen LogP contribution is 2.39. The first-order chi connectivity index (χ1) is 8.86. The van der Waals surface area contributed by atoms with Crippen molar-refractivity contribution in [2.24, 2.45) is 23.6 Å². The summed E-state index contributed by atoms with van der Waals surface area (Å²) in [6.45, 7) is 2.36. The summed E-state index contributed by atoms with van der Waals surface area (Å²) < 4.78 is 0. The number of hydrogen-bond donors (Lipinski definition) is 2. The Bertz CT molecular complexity index is 221. The van der Waals surface area contributed by atoms with Crippen LogP contribution in [0.2, 0.25) is 0 Å². The highest BCUT2D eigenvalue weighted by atomic mass is 15.2. The van der Waals surface area contributed by atoms with Gasteiger partial charge in [0.05, 0.1) is 0 Å². The standard InChI is InChI=1S/C16H32N2/c1-2-13-9-7-8-12-15(13)16(18-17)14-10-5-3-4-6-11-14/h13-16,18H,2-12,17H2,1H3. The topological polar surface area (TPSA) is 38.0 Å². The summed E-state index contributed by atoms with van der Waals surface area (Å²) in [4.78, 5) is 0. The van der Waals surface area contributed by atoms with Crippen LogP contribution < -0.4 is 11.3 Å². The van der Waals surface area contributed by atoms with Crippen molar-refractivity contribution in [1.82, 2.24) is 5.43 Å². The van der Waals surface area contributed by atoms with Crippen LogP contribution in [0.3, 0.4) is 0 Å². The molecule has 2 heteroatoms. The van der Waals surface area contributed by atoms with Crippen LogP contribution in [0.4, 0.5) is 0 Å². The third kappa shape index (κ3) is 3.48. The van der Waals surface area contributed by atoms with Crippen LogP contribution in [0.15, 0.2) is 0 Å². The lowest BCUT2D eigenvalue weighted by atomic mass is 9.70. The van der Waals surface area contributed by atoms with Crippen molar-refractivity contribution in [3.8, 4) is 0 Å². The van der Waals surface area contributed by atoms with Crippen molar-refractivity contribution >= 4 is 0 Å². The molecule has 0 heterocycles. The lowest BCUT2D eigenvalue weighted by molar-refractivity contribution is 0.129. The van der Waals surface area contributed by atoms with Crippen LogP contribution in [-0.2, 0) is 0 Å². The fourth-order valence-corrected chi connectivity index (χ4v) is 4.50. The van der Waals surface area contributed by atoms with E-state index >= 15 is 0 Å². The van der Waals surface area contributed by atoms with Crippen molar-refractivity contribution in [3.05, 3.63) is 0 Å². The Balaban J connectivity index is 2.00. The van der Waals surface area contributed by atoms with E-state index in [4.69, 9.17) is 5.84 Å². The number of hydrazine groups is 1. The molecular weight excluding hydrogens is 220 g/mol. The summed E-state index contributed by atoms with van der Waals surface area (Å²) in [6.07, 6.45) is 15.6. The molecule has 0 aromatic rings. The highest BCUT2D eigenvalue weighted by Gasteiger charge is 2.34. The average molecular weight is 252 g/mol. The van der Waals surface area contributed by atoms with Crippen molar-refractivity contribution in [2.45, 2.75) is 83.6 Å². The molecule has 106 valence electrons. The van der Waals surface area contributed by atoms with E-state index in [9.17, 15) is 0 Å². The van der Waals surface area contributed by atoms with E-state index in [0.717, 1.165) is 17.8 Å². The molecule has 18 heavy (non-hydrogen) atoms. The molecule has 3 N–H and O–H groups in total. The molecule has 3 unspecified atom stereocenters. The van der Waals surface area contributed by atoms with Gasteiger partial charge in [-0.15, -0.1) is 0 Å². The SMILES string of the molecule is CCC1CCCCC1C(NN)C1CCCCCC1. The molecule has 0 aromatic carbocycles. The van der Waals surface area contributed by atoms with Crippen LogP contribution >= 0.6 is 0 Å². The monoisotopic (exact) mass is 252 g/mol. The zero-order valence-corrected chi connectivity index (χ0v) is 12.2. The molecule has 0 aromatic heterocycles. The molecule has 3 atom stereocenters. The van der Waals surface area contributed by atoms with Gasteiger partial charge in [0.25, 0.3) is 0 Å². The van der Waals surface area contributed by atoms with Gasteiger partial charge in [0.15, 0.2) is 0 Å². The van der Waals surface area contributed by atoms with Crippen LogP contribution in [0.25, 0.3) is 0 Å². The van der Waals surface area contributed by atoms with E-state index in [1.807, 2.05) is 0 Å². The van der Waals surface area contributed by atoms with E-state index in [2.05, 4.69) is 12.3 Å². The second-order valence-electron chi connectivity index (χ2n) is 6.56. The predicted molar refractivity (Wildman–Crippen MR) is 78.0 cm³/mol. The Kier molecular flexibility index (Phi) is 5.97. The molecule has 0 aliphatic heterocycles. The molecule has 0 radical (unpaired) electrons. The van der Waals surface area contributed by atoms with E-state index in [1.54, 1.807) is 0 Å². The van der Waals surface area contributed by atoms with E-state index in [0.29, 0.717) is 6.04 Å². The normalized spacial score (nSPS) is 33.0. The summed E-state index contributed by atoms with van der Waals surface area (Å²) in [5.41, 5.74) is 3.23. The quantitative estimate of drug-likeness (QED) is 0.451. The van der Waals surface area contributed by atoms with Crippen molar-refractivity contribution in [2.75, 3.05) is 0 Å². The van der Waals surface area contributed by atoms with Gasteiger partial charge in [-0.2, -0.15) is 0 Å². The van der Waals surface area contributed by atoms with Gasteiger partial charge in [-0.25, -0.2) is 0 Å².